The summed E-state index contributed by atoms with van der Waals surface area (Å²) in [5.41, 5.74) is 0.949. The summed E-state index contributed by atoms with van der Waals surface area (Å²) in [7, 11) is 0. The van der Waals surface area contributed by atoms with Gasteiger partial charge in [-0.05, 0) is 32.4 Å². The van der Waals surface area contributed by atoms with Crippen molar-refractivity contribution in [2.45, 2.75) is 45.4 Å². The van der Waals surface area contributed by atoms with E-state index in [4.69, 9.17) is 9.47 Å². The average molecular weight is 408 g/mol. The highest BCUT2D eigenvalue weighted by Gasteiger charge is 2.22. The molecule has 1 aromatic heterocycles. The van der Waals surface area contributed by atoms with Gasteiger partial charge in [-0.2, -0.15) is 0 Å². The minimum Gasteiger partial charge on any atom is -0.491 e. The van der Waals surface area contributed by atoms with Crippen molar-refractivity contribution < 1.29 is 18.7 Å². The Kier molecular flexibility index (Phi) is 7.36. The van der Waals surface area contributed by atoms with Crippen LogP contribution < -0.4 is 10.1 Å². The van der Waals surface area contributed by atoms with Gasteiger partial charge in [-0.15, -0.1) is 11.3 Å². The van der Waals surface area contributed by atoms with E-state index in [1.165, 1.54) is 17.4 Å². The Balaban J connectivity index is 1.38. The Morgan fingerprint density at radius 1 is 1.36 bits per heavy atom. The molecule has 2 atom stereocenters. The molecule has 0 bridgehead atoms. The fourth-order valence-corrected chi connectivity index (χ4v) is 3.96. The lowest BCUT2D eigenvalue weighted by Crippen LogP contribution is -2.44. The maximum absolute atomic E-state index is 13.5. The fourth-order valence-electron chi connectivity index (χ4n) is 3.24. The first kappa shape index (κ1) is 20.7. The molecule has 28 heavy (non-hydrogen) atoms. The number of ether oxygens (including phenoxy) is 2. The topological polar surface area (TPSA) is 63.7 Å². The quantitative estimate of drug-likeness (QED) is 0.676. The lowest BCUT2D eigenvalue weighted by molar-refractivity contribution is -0.116. The minimum atomic E-state index is -0.397. The third-order valence-corrected chi connectivity index (χ3v) is 5.13. The van der Waals surface area contributed by atoms with Crippen LogP contribution in [-0.2, 0) is 16.1 Å². The van der Waals surface area contributed by atoms with E-state index in [0.717, 1.165) is 25.3 Å². The second-order valence-electron chi connectivity index (χ2n) is 7.03. The molecule has 2 heterocycles. The van der Waals surface area contributed by atoms with Gasteiger partial charge in [0.15, 0.2) is 16.7 Å². The van der Waals surface area contributed by atoms with Crippen LogP contribution in [0.4, 0.5) is 9.52 Å². The van der Waals surface area contributed by atoms with Gasteiger partial charge in [0.1, 0.15) is 0 Å². The van der Waals surface area contributed by atoms with Crippen molar-refractivity contribution in [1.29, 1.82) is 0 Å². The molecule has 3 rings (SSSR count). The molecule has 2 aromatic rings. The monoisotopic (exact) mass is 407 g/mol. The fraction of sp³-hybridized carbons (Fsp3) is 0.500. The molecule has 1 aliphatic heterocycles. The summed E-state index contributed by atoms with van der Waals surface area (Å²) < 4.78 is 24.6. The van der Waals surface area contributed by atoms with Gasteiger partial charge < -0.3 is 14.8 Å². The van der Waals surface area contributed by atoms with Crippen molar-refractivity contribution >= 4 is 22.4 Å². The number of para-hydroxylation sites is 1. The van der Waals surface area contributed by atoms with Crippen molar-refractivity contribution in [2.24, 2.45) is 0 Å². The number of anilines is 1. The molecule has 1 aromatic carbocycles. The Bertz CT molecular complexity index is 776. The standard InChI is InChI=1S/C20H26FN3O3S/c1-14-10-24(11-15(2)27-14)12-16-13-28-20(22-16)23-19(25)8-5-9-26-18-7-4-3-6-17(18)21/h3-4,6-7,13-15H,5,8-12H2,1-2H3,(H,22,23,25). The molecule has 0 spiro atoms. The molecule has 8 heteroatoms. The second-order valence-corrected chi connectivity index (χ2v) is 7.88. The van der Waals surface area contributed by atoms with Crippen LogP contribution in [0, 0.1) is 5.82 Å². The number of thiazole rings is 1. The SMILES string of the molecule is CC1CN(Cc2csc(NC(=O)CCCOc3ccccc3F)n2)CC(C)O1. The van der Waals surface area contributed by atoms with Crippen LogP contribution in [0.1, 0.15) is 32.4 Å². The molecule has 6 nitrogen and oxygen atoms in total. The van der Waals surface area contributed by atoms with E-state index in [-0.39, 0.29) is 30.5 Å². The van der Waals surface area contributed by atoms with Crippen LogP contribution in [0.5, 0.6) is 5.75 Å². The largest absolute Gasteiger partial charge is 0.491 e. The smallest absolute Gasteiger partial charge is 0.226 e. The molecular formula is C20H26FN3O3S. The highest BCUT2D eigenvalue weighted by atomic mass is 32.1. The maximum Gasteiger partial charge on any atom is 0.226 e. The van der Waals surface area contributed by atoms with Gasteiger partial charge in [-0.25, -0.2) is 9.37 Å². The first-order chi connectivity index (χ1) is 13.5. The number of benzene rings is 1. The molecule has 1 amide bonds. The first-order valence-corrected chi connectivity index (χ1v) is 10.4. The summed E-state index contributed by atoms with van der Waals surface area (Å²) >= 11 is 1.42. The van der Waals surface area contributed by atoms with E-state index in [9.17, 15) is 9.18 Å². The molecule has 1 saturated heterocycles. The molecular weight excluding hydrogens is 381 g/mol. The number of carbonyl (C=O) groups excluding carboxylic acids is 1. The van der Waals surface area contributed by atoms with Gasteiger partial charge in [0.2, 0.25) is 5.91 Å². The highest BCUT2D eigenvalue weighted by Crippen LogP contribution is 2.20. The predicted octanol–water partition coefficient (Wildman–Crippen LogP) is 3.69. The van der Waals surface area contributed by atoms with Crippen LogP contribution in [-0.4, -0.2) is 47.7 Å². The van der Waals surface area contributed by atoms with Gasteiger partial charge in [-0.3, -0.25) is 9.69 Å². The van der Waals surface area contributed by atoms with Gasteiger partial charge in [-0.1, -0.05) is 12.1 Å². The zero-order valence-electron chi connectivity index (χ0n) is 16.2. The van der Waals surface area contributed by atoms with Crippen molar-refractivity contribution in [3.05, 3.63) is 41.2 Å². The molecule has 1 fully saturated rings. The number of amides is 1. The zero-order valence-corrected chi connectivity index (χ0v) is 17.0. The van der Waals surface area contributed by atoms with E-state index in [1.807, 2.05) is 5.38 Å². The average Bonchev–Trinajstić information content (AvgIpc) is 3.06. The molecule has 152 valence electrons. The summed E-state index contributed by atoms with van der Waals surface area (Å²) in [6.45, 7) is 6.94. The van der Waals surface area contributed by atoms with Gasteiger partial charge in [0, 0.05) is 31.4 Å². The highest BCUT2D eigenvalue weighted by molar-refractivity contribution is 7.13. The number of halogens is 1. The molecule has 1 aliphatic rings. The van der Waals surface area contributed by atoms with Crippen LogP contribution in [0.15, 0.2) is 29.6 Å². The van der Waals surface area contributed by atoms with E-state index in [1.54, 1.807) is 18.2 Å². The lowest BCUT2D eigenvalue weighted by Gasteiger charge is -2.34. The van der Waals surface area contributed by atoms with E-state index in [2.05, 4.69) is 29.0 Å². The number of carbonyl (C=O) groups is 1. The third kappa shape index (κ3) is 6.25. The summed E-state index contributed by atoms with van der Waals surface area (Å²) in [5, 5.41) is 5.40. The van der Waals surface area contributed by atoms with Crippen molar-refractivity contribution in [2.75, 3.05) is 25.0 Å². The van der Waals surface area contributed by atoms with Crippen LogP contribution >= 0.6 is 11.3 Å². The Labute approximate surface area is 168 Å². The summed E-state index contributed by atoms with van der Waals surface area (Å²) in [5.74, 6) is -0.308. The van der Waals surface area contributed by atoms with Crippen LogP contribution in [0.25, 0.3) is 0 Å². The number of hydrogen-bond acceptors (Lipinski definition) is 6. The number of nitrogens with one attached hydrogen (secondary N) is 1. The van der Waals surface area contributed by atoms with Crippen LogP contribution in [0.2, 0.25) is 0 Å². The number of nitrogens with zero attached hydrogens (tertiary/aromatic N) is 2. The number of aromatic nitrogens is 1. The van der Waals surface area contributed by atoms with Crippen molar-refractivity contribution in [3.8, 4) is 5.75 Å². The first-order valence-electron chi connectivity index (χ1n) is 9.49. The van der Waals surface area contributed by atoms with Gasteiger partial charge in [0.25, 0.3) is 0 Å². The third-order valence-electron chi connectivity index (χ3n) is 4.32. The number of rotatable bonds is 8. The van der Waals surface area contributed by atoms with E-state index >= 15 is 0 Å². The lowest BCUT2D eigenvalue weighted by atomic mass is 10.2. The van der Waals surface area contributed by atoms with Crippen LogP contribution in [0.3, 0.4) is 0 Å². The zero-order chi connectivity index (χ0) is 19.9. The number of hydrogen-bond donors (Lipinski definition) is 1. The minimum absolute atomic E-state index is 0.119. The molecule has 1 N–H and O–H groups in total. The molecule has 2 unspecified atom stereocenters. The van der Waals surface area contributed by atoms with Crippen molar-refractivity contribution in [3.63, 3.8) is 0 Å². The molecule has 0 radical (unpaired) electrons. The summed E-state index contributed by atoms with van der Waals surface area (Å²) in [6, 6.07) is 6.24. The normalized spacial score (nSPS) is 20.1. The van der Waals surface area contributed by atoms with Crippen molar-refractivity contribution in [1.82, 2.24) is 9.88 Å². The van der Waals surface area contributed by atoms with E-state index in [0.29, 0.717) is 18.0 Å². The molecule has 0 saturated carbocycles. The van der Waals surface area contributed by atoms with Gasteiger partial charge >= 0.3 is 0 Å². The summed E-state index contributed by atoms with van der Waals surface area (Å²) in [4.78, 5) is 18.9. The van der Waals surface area contributed by atoms with Gasteiger partial charge in [0.05, 0.1) is 24.5 Å². The Morgan fingerprint density at radius 3 is 2.86 bits per heavy atom. The van der Waals surface area contributed by atoms with E-state index < -0.39 is 5.82 Å². The molecule has 0 aliphatic carbocycles. The second kappa shape index (κ2) is 9.95. The predicted molar refractivity (Wildman–Crippen MR) is 107 cm³/mol. The maximum atomic E-state index is 13.5. The number of morpholine rings is 1. The Hall–Kier alpha value is -2.03. The Morgan fingerprint density at radius 2 is 2.11 bits per heavy atom. The summed E-state index contributed by atoms with van der Waals surface area (Å²) in [6.07, 6.45) is 1.23.